The molecule has 3 atom stereocenters. The van der Waals surface area contributed by atoms with Crippen LogP contribution in [-0.2, 0) is 16.0 Å². The molecule has 4 nitrogen and oxygen atoms in total. The van der Waals surface area contributed by atoms with Gasteiger partial charge >= 0.3 is 0 Å². The summed E-state index contributed by atoms with van der Waals surface area (Å²) in [4.78, 5) is 12.0. The molecular weight excluding hydrogens is 266 g/mol. The zero-order valence-corrected chi connectivity index (χ0v) is 12.8. The van der Waals surface area contributed by atoms with E-state index in [0.29, 0.717) is 13.2 Å². The van der Waals surface area contributed by atoms with Crippen LogP contribution in [-0.4, -0.2) is 36.4 Å². The van der Waals surface area contributed by atoms with Gasteiger partial charge in [-0.15, -0.1) is 0 Å². The highest BCUT2D eigenvalue weighted by atomic mass is 16.5. The molecule has 0 aliphatic carbocycles. The second kappa shape index (κ2) is 7.05. The normalized spacial score (nSPS) is 22.5. The van der Waals surface area contributed by atoms with Crippen LogP contribution in [0.15, 0.2) is 30.3 Å². The Morgan fingerprint density at radius 2 is 2.19 bits per heavy atom. The summed E-state index contributed by atoms with van der Waals surface area (Å²) in [5.74, 6) is -0.0626. The fourth-order valence-electron chi connectivity index (χ4n) is 2.61. The standard InChI is InChI=1S/C17H25NO3/c1-13(19)17(2,11-14-7-4-3-5-8-14)12-18-16(20)15-9-6-10-21-15/h3-5,7-8,13,15,19H,6,9-12H2,1-2H3,(H,18,20)/t13-,15-,17+/m0/s1. The van der Waals surface area contributed by atoms with Gasteiger partial charge in [0.25, 0.3) is 0 Å². The third-order valence-electron chi connectivity index (χ3n) is 4.35. The van der Waals surface area contributed by atoms with Crippen molar-refractivity contribution < 1.29 is 14.6 Å². The van der Waals surface area contributed by atoms with Gasteiger partial charge in [0.2, 0.25) is 5.91 Å². The molecule has 0 aromatic heterocycles. The van der Waals surface area contributed by atoms with Gasteiger partial charge in [0.15, 0.2) is 0 Å². The molecule has 2 rings (SSSR count). The van der Waals surface area contributed by atoms with E-state index in [2.05, 4.69) is 5.32 Å². The smallest absolute Gasteiger partial charge is 0.249 e. The molecule has 4 heteroatoms. The van der Waals surface area contributed by atoms with E-state index >= 15 is 0 Å². The second-order valence-corrected chi connectivity index (χ2v) is 6.21. The van der Waals surface area contributed by atoms with Crippen molar-refractivity contribution >= 4 is 5.91 Å². The summed E-state index contributed by atoms with van der Waals surface area (Å²) >= 11 is 0. The van der Waals surface area contributed by atoms with Gasteiger partial charge < -0.3 is 15.2 Å². The van der Waals surface area contributed by atoms with Crippen LogP contribution in [0, 0.1) is 5.41 Å². The molecule has 2 N–H and O–H groups in total. The van der Waals surface area contributed by atoms with Crippen molar-refractivity contribution in [2.75, 3.05) is 13.2 Å². The third kappa shape index (κ3) is 4.29. The molecule has 1 aromatic carbocycles. The van der Waals surface area contributed by atoms with Crippen LogP contribution >= 0.6 is 0 Å². The summed E-state index contributed by atoms with van der Waals surface area (Å²) in [5.41, 5.74) is 0.766. The Balaban J connectivity index is 1.95. The SMILES string of the molecule is C[C@H](O)[C@@](C)(CNC(=O)[C@@H]1CCCO1)Cc1ccccc1. The van der Waals surface area contributed by atoms with Crippen molar-refractivity contribution in [1.29, 1.82) is 0 Å². The summed E-state index contributed by atoms with van der Waals surface area (Å²) < 4.78 is 5.38. The van der Waals surface area contributed by atoms with Gasteiger partial charge in [-0.2, -0.15) is 0 Å². The number of hydrogen-bond acceptors (Lipinski definition) is 3. The lowest BCUT2D eigenvalue weighted by molar-refractivity contribution is -0.130. The van der Waals surface area contributed by atoms with Crippen molar-refractivity contribution in [2.45, 2.75) is 45.3 Å². The van der Waals surface area contributed by atoms with E-state index in [1.807, 2.05) is 37.3 Å². The number of ether oxygens (including phenoxy) is 1. The molecule has 1 aliphatic heterocycles. The minimum atomic E-state index is -0.512. The number of amides is 1. The zero-order valence-electron chi connectivity index (χ0n) is 12.8. The first-order valence-corrected chi connectivity index (χ1v) is 7.62. The zero-order chi connectivity index (χ0) is 15.3. The van der Waals surface area contributed by atoms with Crippen LogP contribution in [0.4, 0.5) is 0 Å². The Morgan fingerprint density at radius 3 is 2.76 bits per heavy atom. The monoisotopic (exact) mass is 291 g/mol. The maximum Gasteiger partial charge on any atom is 0.249 e. The number of nitrogens with one attached hydrogen (secondary N) is 1. The summed E-state index contributed by atoms with van der Waals surface area (Å²) in [7, 11) is 0. The maximum absolute atomic E-state index is 12.0. The van der Waals surface area contributed by atoms with Gasteiger partial charge in [0, 0.05) is 18.6 Å². The van der Waals surface area contributed by atoms with Crippen LogP contribution in [0.2, 0.25) is 0 Å². The number of carbonyl (C=O) groups is 1. The van der Waals surface area contributed by atoms with Crippen molar-refractivity contribution in [3.8, 4) is 0 Å². The number of rotatable bonds is 6. The van der Waals surface area contributed by atoms with Gasteiger partial charge in [0.05, 0.1) is 6.10 Å². The lowest BCUT2D eigenvalue weighted by atomic mass is 9.79. The highest BCUT2D eigenvalue weighted by Crippen LogP contribution is 2.26. The molecule has 1 amide bonds. The lowest BCUT2D eigenvalue weighted by Gasteiger charge is -2.33. The topological polar surface area (TPSA) is 58.6 Å². The fraction of sp³-hybridized carbons (Fsp3) is 0.588. The summed E-state index contributed by atoms with van der Waals surface area (Å²) in [5, 5.41) is 13.1. The number of aliphatic hydroxyl groups is 1. The first kappa shape index (κ1) is 16.0. The Kier molecular flexibility index (Phi) is 5.37. The van der Waals surface area contributed by atoms with Crippen LogP contribution in [0.5, 0.6) is 0 Å². The Hall–Kier alpha value is -1.39. The van der Waals surface area contributed by atoms with Crippen molar-refractivity contribution in [2.24, 2.45) is 5.41 Å². The van der Waals surface area contributed by atoms with Crippen LogP contribution < -0.4 is 5.32 Å². The quantitative estimate of drug-likeness (QED) is 0.842. The highest BCUT2D eigenvalue weighted by molar-refractivity contribution is 5.81. The Labute approximate surface area is 126 Å². The lowest BCUT2D eigenvalue weighted by Crippen LogP contribution is -2.46. The highest BCUT2D eigenvalue weighted by Gasteiger charge is 2.32. The van der Waals surface area contributed by atoms with Crippen LogP contribution in [0.3, 0.4) is 0 Å². The van der Waals surface area contributed by atoms with Gasteiger partial charge in [0.1, 0.15) is 6.10 Å². The molecular formula is C17H25NO3. The summed E-state index contributed by atoms with van der Waals surface area (Å²) in [6.45, 7) is 4.88. The first-order chi connectivity index (χ1) is 10.0. The number of aliphatic hydroxyl groups excluding tert-OH is 1. The minimum absolute atomic E-state index is 0.0626. The summed E-state index contributed by atoms with van der Waals surface area (Å²) in [6.07, 6.45) is 1.62. The van der Waals surface area contributed by atoms with Crippen molar-refractivity contribution in [1.82, 2.24) is 5.32 Å². The Bertz CT molecular complexity index is 454. The predicted octanol–water partition coefficient (Wildman–Crippen LogP) is 1.91. The number of carbonyl (C=O) groups excluding carboxylic acids is 1. The van der Waals surface area contributed by atoms with Gasteiger partial charge in [-0.25, -0.2) is 0 Å². The fourth-order valence-corrected chi connectivity index (χ4v) is 2.61. The average Bonchev–Trinajstić information content (AvgIpc) is 3.00. The third-order valence-corrected chi connectivity index (χ3v) is 4.35. The van der Waals surface area contributed by atoms with Gasteiger partial charge in [-0.05, 0) is 31.7 Å². The van der Waals surface area contributed by atoms with Crippen LogP contribution in [0.1, 0.15) is 32.3 Å². The van der Waals surface area contributed by atoms with E-state index in [-0.39, 0.29) is 12.0 Å². The van der Waals surface area contributed by atoms with Crippen LogP contribution in [0.25, 0.3) is 0 Å². The second-order valence-electron chi connectivity index (χ2n) is 6.21. The Morgan fingerprint density at radius 1 is 1.48 bits per heavy atom. The van der Waals surface area contributed by atoms with E-state index in [4.69, 9.17) is 4.74 Å². The molecule has 0 unspecified atom stereocenters. The largest absolute Gasteiger partial charge is 0.393 e. The maximum atomic E-state index is 12.0. The first-order valence-electron chi connectivity index (χ1n) is 7.62. The minimum Gasteiger partial charge on any atom is -0.393 e. The molecule has 116 valence electrons. The summed E-state index contributed by atoms with van der Waals surface area (Å²) in [6, 6.07) is 10.0. The van der Waals surface area contributed by atoms with E-state index in [1.165, 1.54) is 0 Å². The molecule has 1 heterocycles. The van der Waals surface area contributed by atoms with E-state index in [0.717, 1.165) is 24.8 Å². The molecule has 1 aliphatic rings. The van der Waals surface area contributed by atoms with E-state index in [1.54, 1.807) is 6.92 Å². The van der Waals surface area contributed by atoms with Crippen molar-refractivity contribution in [3.05, 3.63) is 35.9 Å². The number of hydrogen-bond donors (Lipinski definition) is 2. The van der Waals surface area contributed by atoms with E-state index in [9.17, 15) is 9.90 Å². The molecule has 0 bridgehead atoms. The molecule has 1 fully saturated rings. The van der Waals surface area contributed by atoms with Gasteiger partial charge in [-0.1, -0.05) is 37.3 Å². The van der Waals surface area contributed by atoms with Gasteiger partial charge in [-0.3, -0.25) is 4.79 Å². The molecule has 0 spiro atoms. The molecule has 0 radical (unpaired) electrons. The molecule has 1 saturated heterocycles. The van der Waals surface area contributed by atoms with E-state index < -0.39 is 11.5 Å². The molecule has 0 saturated carbocycles. The average molecular weight is 291 g/mol. The molecule has 1 aromatic rings. The predicted molar refractivity (Wildman–Crippen MR) is 81.9 cm³/mol. The van der Waals surface area contributed by atoms with Crippen molar-refractivity contribution in [3.63, 3.8) is 0 Å². The molecule has 21 heavy (non-hydrogen) atoms. The number of benzene rings is 1.